The number of nitrogens with two attached hydrogens (primary N) is 1. The summed E-state index contributed by atoms with van der Waals surface area (Å²) in [5.41, 5.74) is 6.28. The topological polar surface area (TPSA) is 64.4 Å². The first-order valence-electron chi connectivity index (χ1n) is 7.26. The van der Waals surface area contributed by atoms with Gasteiger partial charge in [0, 0.05) is 29.3 Å². The first kappa shape index (κ1) is 16.0. The largest absolute Gasteiger partial charge is 0.466 e. The molecular weight excluding hydrogens is 335 g/mol. The van der Waals surface area contributed by atoms with E-state index in [0.29, 0.717) is 28.6 Å². The minimum Gasteiger partial charge on any atom is -0.466 e. The zero-order chi connectivity index (χ0) is 16.4. The molecule has 1 aliphatic rings. The lowest BCUT2D eigenvalue weighted by Gasteiger charge is -2.29. The van der Waals surface area contributed by atoms with Crippen LogP contribution in [0.1, 0.15) is 18.4 Å². The second-order valence-electron chi connectivity index (χ2n) is 5.60. The third-order valence-electron chi connectivity index (χ3n) is 3.82. The van der Waals surface area contributed by atoms with Crippen molar-refractivity contribution in [3.05, 3.63) is 58.1 Å². The summed E-state index contributed by atoms with van der Waals surface area (Å²) in [7, 11) is 0. The number of fused-ring (bicyclic) bond motifs is 1. The summed E-state index contributed by atoms with van der Waals surface area (Å²) in [5.74, 6) is 0.328. The van der Waals surface area contributed by atoms with Crippen molar-refractivity contribution in [2.75, 3.05) is 5.32 Å². The van der Waals surface area contributed by atoms with Crippen molar-refractivity contribution in [1.29, 1.82) is 0 Å². The Kier molecular flexibility index (Phi) is 4.37. The maximum absolute atomic E-state index is 11.2. The summed E-state index contributed by atoms with van der Waals surface area (Å²) in [6.07, 6.45) is 1.14. The standard InChI is InChI=1S/C17H16Cl2N2O2/c18-12-5-6-15-14(9-12)21-17(23-15,8-7-16(20)22)10-11-3-1-2-4-13(11)19/h1-6,9,21H,7-8,10H2,(H2,20,22). The van der Waals surface area contributed by atoms with Crippen LogP contribution in [0.3, 0.4) is 0 Å². The van der Waals surface area contributed by atoms with Crippen molar-refractivity contribution in [1.82, 2.24) is 0 Å². The first-order valence-corrected chi connectivity index (χ1v) is 8.01. The predicted molar refractivity (Wildman–Crippen MR) is 92.0 cm³/mol. The summed E-state index contributed by atoms with van der Waals surface area (Å²) >= 11 is 12.3. The molecule has 23 heavy (non-hydrogen) atoms. The molecule has 0 aliphatic carbocycles. The van der Waals surface area contributed by atoms with Crippen molar-refractivity contribution in [2.24, 2.45) is 5.73 Å². The van der Waals surface area contributed by atoms with Crippen molar-refractivity contribution in [3.63, 3.8) is 0 Å². The molecule has 6 heteroatoms. The van der Waals surface area contributed by atoms with Gasteiger partial charge in [-0.2, -0.15) is 0 Å². The van der Waals surface area contributed by atoms with E-state index in [2.05, 4.69) is 5.32 Å². The highest BCUT2D eigenvalue weighted by Gasteiger charge is 2.39. The summed E-state index contributed by atoms with van der Waals surface area (Å²) in [4.78, 5) is 11.2. The number of anilines is 1. The minimum absolute atomic E-state index is 0.208. The Morgan fingerprint density at radius 1 is 1.22 bits per heavy atom. The van der Waals surface area contributed by atoms with Gasteiger partial charge in [-0.25, -0.2) is 0 Å². The van der Waals surface area contributed by atoms with Gasteiger partial charge in [-0.3, -0.25) is 4.79 Å². The lowest BCUT2D eigenvalue weighted by atomic mass is 9.97. The second-order valence-corrected chi connectivity index (χ2v) is 6.44. The van der Waals surface area contributed by atoms with Crippen LogP contribution in [0.25, 0.3) is 0 Å². The maximum Gasteiger partial charge on any atom is 0.217 e. The van der Waals surface area contributed by atoms with Crippen molar-refractivity contribution < 1.29 is 9.53 Å². The molecule has 3 N–H and O–H groups in total. The Morgan fingerprint density at radius 2 is 2.00 bits per heavy atom. The molecule has 0 saturated carbocycles. The molecule has 0 bridgehead atoms. The van der Waals surface area contributed by atoms with Crippen LogP contribution in [-0.2, 0) is 11.2 Å². The fraction of sp³-hybridized carbons (Fsp3) is 0.235. The molecular formula is C17H16Cl2N2O2. The van der Waals surface area contributed by atoms with Gasteiger partial charge in [-0.1, -0.05) is 41.4 Å². The Morgan fingerprint density at radius 3 is 2.74 bits per heavy atom. The molecule has 0 saturated heterocycles. The van der Waals surface area contributed by atoms with E-state index in [1.807, 2.05) is 30.3 Å². The second kappa shape index (κ2) is 6.30. The van der Waals surface area contributed by atoms with Crippen LogP contribution in [0.5, 0.6) is 5.75 Å². The molecule has 1 amide bonds. The Balaban J connectivity index is 1.90. The van der Waals surface area contributed by atoms with E-state index in [1.165, 1.54) is 0 Å². The van der Waals surface area contributed by atoms with Crippen LogP contribution in [-0.4, -0.2) is 11.6 Å². The van der Waals surface area contributed by atoms with Gasteiger partial charge < -0.3 is 15.8 Å². The fourth-order valence-corrected chi connectivity index (χ4v) is 3.10. The van der Waals surface area contributed by atoms with Gasteiger partial charge in [0.25, 0.3) is 0 Å². The Labute approximate surface area is 144 Å². The molecule has 1 unspecified atom stereocenters. The number of ether oxygens (including phenoxy) is 1. The van der Waals surface area contributed by atoms with Crippen molar-refractivity contribution in [3.8, 4) is 5.75 Å². The molecule has 4 nitrogen and oxygen atoms in total. The van der Waals surface area contributed by atoms with Gasteiger partial charge in [0.05, 0.1) is 5.69 Å². The number of carbonyl (C=O) groups is 1. The number of halogens is 2. The summed E-state index contributed by atoms with van der Waals surface area (Å²) in [5, 5.41) is 4.62. The highest BCUT2D eigenvalue weighted by Crippen LogP contribution is 2.42. The van der Waals surface area contributed by atoms with Crippen LogP contribution in [0.4, 0.5) is 5.69 Å². The number of hydrogen-bond donors (Lipinski definition) is 2. The SMILES string of the molecule is NC(=O)CCC1(Cc2ccccc2Cl)Nc2cc(Cl)ccc2O1. The van der Waals surface area contributed by atoms with Gasteiger partial charge >= 0.3 is 0 Å². The van der Waals surface area contributed by atoms with Gasteiger partial charge in [0.15, 0.2) is 5.72 Å². The smallest absolute Gasteiger partial charge is 0.217 e. The van der Waals surface area contributed by atoms with Gasteiger partial charge in [-0.05, 0) is 29.8 Å². The highest BCUT2D eigenvalue weighted by molar-refractivity contribution is 6.31. The molecule has 0 radical (unpaired) electrons. The third-order valence-corrected chi connectivity index (χ3v) is 4.42. The zero-order valence-electron chi connectivity index (χ0n) is 12.3. The van der Waals surface area contributed by atoms with Gasteiger partial charge in [0.2, 0.25) is 5.91 Å². The molecule has 2 aromatic carbocycles. The van der Waals surface area contributed by atoms with E-state index in [9.17, 15) is 4.79 Å². The van der Waals surface area contributed by atoms with Crippen molar-refractivity contribution in [2.45, 2.75) is 25.0 Å². The molecule has 120 valence electrons. The minimum atomic E-state index is -0.771. The van der Waals surface area contributed by atoms with E-state index in [1.54, 1.807) is 12.1 Å². The van der Waals surface area contributed by atoms with E-state index in [4.69, 9.17) is 33.7 Å². The van der Waals surface area contributed by atoms with Gasteiger partial charge in [0.1, 0.15) is 5.75 Å². The summed E-state index contributed by atoms with van der Waals surface area (Å²) in [6, 6.07) is 12.9. The van der Waals surface area contributed by atoms with E-state index in [-0.39, 0.29) is 12.3 Å². The molecule has 1 heterocycles. The summed E-state index contributed by atoms with van der Waals surface area (Å²) < 4.78 is 6.12. The number of benzene rings is 2. The molecule has 0 aromatic heterocycles. The average Bonchev–Trinajstić information content (AvgIpc) is 2.85. The number of rotatable bonds is 5. The quantitative estimate of drug-likeness (QED) is 0.856. The monoisotopic (exact) mass is 350 g/mol. The number of nitrogens with one attached hydrogen (secondary N) is 1. The molecule has 3 rings (SSSR count). The number of hydrogen-bond acceptors (Lipinski definition) is 3. The first-order chi connectivity index (χ1) is 11.0. The molecule has 0 fully saturated rings. The normalized spacial score (nSPS) is 18.9. The summed E-state index contributed by atoms with van der Waals surface area (Å²) in [6.45, 7) is 0. The van der Waals surface area contributed by atoms with E-state index < -0.39 is 5.72 Å². The van der Waals surface area contributed by atoms with Crippen molar-refractivity contribution >= 4 is 34.8 Å². The fourth-order valence-electron chi connectivity index (χ4n) is 2.73. The Hall–Kier alpha value is -1.91. The average molecular weight is 351 g/mol. The van der Waals surface area contributed by atoms with Gasteiger partial charge in [-0.15, -0.1) is 0 Å². The molecule has 1 aliphatic heterocycles. The lowest BCUT2D eigenvalue weighted by Crippen LogP contribution is -2.43. The molecule has 0 spiro atoms. The molecule has 2 aromatic rings. The predicted octanol–water partition coefficient (Wildman–Crippen LogP) is 4.00. The van der Waals surface area contributed by atoms with E-state index >= 15 is 0 Å². The lowest BCUT2D eigenvalue weighted by molar-refractivity contribution is -0.118. The third kappa shape index (κ3) is 3.54. The van der Waals surface area contributed by atoms with E-state index in [0.717, 1.165) is 11.3 Å². The number of primary amides is 1. The van der Waals surface area contributed by atoms with Crippen LogP contribution in [0, 0.1) is 0 Å². The zero-order valence-corrected chi connectivity index (χ0v) is 13.8. The van der Waals surface area contributed by atoms with Crippen LogP contribution >= 0.6 is 23.2 Å². The van der Waals surface area contributed by atoms with Crippen LogP contribution < -0.4 is 15.8 Å². The highest BCUT2D eigenvalue weighted by atomic mass is 35.5. The maximum atomic E-state index is 11.2. The van der Waals surface area contributed by atoms with Crippen LogP contribution in [0.15, 0.2) is 42.5 Å². The molecule has 1 atom stereocenters. The number of amides is 1. The Bertz CT molecular complexity index is 751. The number of carbonyl (C=O) groups excluding carboxylic acids is 1. The van der Waals surface area contributed by atoms with Crippen LogP contribution in [0.2, 0.25) is 10.0 Å².